The van der Waals surface area contributed by atoms with Crippen molar-refractivity contribution in [2.45, 2.75) is 173 Å². The molecule has 37 heavy (non-hydrogen) atoms. The minimum absolute atomic E-state index is 0.233. The van der Waals surface area contributed by atoms with Gasteiger partial charge < -0.3 is 29.5 Å². The predicted octanol–water partition coefficient (Wildman–Crippen LogP) is 6.20. The Balaban J connectivity index is 2.08. The summed E-state index contributed by atoms with van der Waals surface area (Å²) in [7, 11) is 0. The van der Waals surface area contributed by atoms with Gasteiger partial charge in [-0.15, -0.1) is 0 Å². The van der Waals surface area contributed by atoms with Crippen LogP contribution in [0.5, 0.6) is 0 Å². The van der Waals surface area contributed by atoms with Gasteiger partial charge in [-0.2, -0.15) is 0 Å². The van der Waals surface area contributed by atoms with Crippen LogP contribution >= 0.6 is 0 Å². The Morgan fingerprint density at radius 3 is 1.51 bits per heavy atom. The van der Waals surface area contributed by atoms with Crippen LogP contribution in [0.1, 0.15) is 142 Å². The van der Waals surface area contributed by atoms with E-state index in [0.717, 1.165) is 38.5 Å². The lowest BCUT2D eigenvalue weighted by Gasteiger charge is -2.19. The molecule has 0 aromatic heterocycles. The molecule has 0 spiro atoms. The highest BCUT2D eigenvalue weighted by molar-refractivity contribution is 5.75. The van der Waals surface area contributed by atoms with Gasteiger partial charge in [-0.05, 0) is 12.8 Å². The average Bonchev–Trinajstić information content (AvgIpc) is 3.18. The third-order valence-electron chi connectivity index (χ3n) is 7.33. The third kappa shape index (κ3) is 16.1. The normalized spacial score (nSPS) is 22.4. The van der Waals surface area contributed by atoms with Crippen LogP contribution in [0.25, 0.3) is 0 Å². The van der Waals surface area contributed by atoms with Gasteiger partial charge in [0.1, 0.15) is 18.3 Å². The number of aliphatic hydroxyl groups excluding tert-OH is 3. The summed E-state index contributed by atoms with van der Waals surface area (Å²) in [4.78, 5) is 12.2. The van der Waals surface area contributed by atoms with Gasteiger partial charge in [-0.25, -0.2) is 4.79 Å². The molecule has 5 atom stereocenters. The number of rotatable bonds is 25. The highest BCUT2D eigenvalue weighted by Gasteiger charge is 2.49. The number of carbonyl (C=O) groups excluding carboxylic acids is 1. The van der Waals surface area contributed by atoms with E-state index in [1.807, 2.05) is 0 Å². The Morgan fingerprint density at radius 1 is 0.649 bits per heavy atom. The molecule has 0 aliphatic carbocycles. The molecule has 7 nitrogen and oxygen atoms in total. The Bertz CT molecular complexity index is 530. The first-order valence-corrected chi connectivity index (χ1v) is 15.5. The second-order valence-corrected chi connectivity index (χ2v) is 10.8. The molecule has 0 aromatic rings. The molecule has 0 saturated carbocycles. The summed E-state index contributed by atoms with van der Waals surface area (Å²) in [6.45, 7) is 5.09. The topological polar surface area (TPSA) is 105 Å². The van der Waals surface area contributed by atoms with Gasteiger partial charge in [-0.1, -0.05) is 129 Å². The first kappa shape index (κ1) is 34.3. The van der Waals surface area contributed by atoms with Crippen LogP contribution < -0.4 is 0 Å². The fraction of sp³-hybridized carbons (Fsp3) is 0.967. The van der Waals surface area contributed by atoms with Crippen LogP contribution in [-0.4, -0.2) is 65.2 Å². The quantitative estimate of drug-likeness (QED) is 0.0954. The Kier molecular flexibility index (Phi) is 21.5. The molecule has 0 radical (unpaired) electrons. The minimum Gasteiger partial charge on any atom is -0.464 e. The molecular weight excluding hydrogens is 472 g/mol. The van der Waals surface area contributed by atoms with Crippen molar-refractivity contribution in [2.24, 2.45) is 0 Å². The molecule has 0 unspecified atom stereocenters. The molecule has 1 rings (SSSR count). The van der Waals surface area contributed by atoms with E-state index in [1.54, 1.807) is 0 Å². The molecule has 0 amide bonds. The first-order chi connectivity index (χ1) is 18.0. The van der Waals surface area contributed by atoms with E-state index in [0.29, 0.717) is 6.61 Å². The van der Waals surface area contributed by atoms with Crippen molar-refractivity contribution in [1.82, 2.24) is 0 Å². The summed E-state index contributed by atoms with van der Waals surface area (Å²) in [5, 5.41) is 30.8. The van der Waals surface area contributed by atoms with Gasteiger partial charge in [0.15, 0.2) is 12.4 Å². The van der Waals surface area contributed by atoms with Gasteiger partial charge in [-0.3, -0.25) is 0 Å². The fourth-order valence-corrected chi connectivity index (χ4v) is 4.84. The summed E-state index contributed by atoms with van der Waals surface area (Å²) < 4.78 is 16.3. The molecule has 0 aromatic carbocycles. The summed E-state index contributed by atoms with van der Waals surface area (Å²) >= 11 is 0. The van der Waals surface area contributed by atoms with Crippen LogP contribution in [0.2, 0.25) is 0 Å². The molecule has 1 fully saturated rings. The van der Waals surface area contributed by atoms with E-state index in [2.05, 4.69) is 13.8 Å². The summed E-state index contributed by atoms with van der Waals surface area (Å²) in [5.74, 6) is -0.831. The van der Waals surface area contributed by atoms with E-state index >= 15 is 0 Å². The zero-order valence-corrected chi connectivity index (χ0v) is 23.9. The zero-order chi connectivity index (χ0) is 27.1. The standard InChI is InChI=1S/C30H58O7/c1-3-5-7-9-11-13-15-17-19-21-23-35-29(34)27(33)28-25(31)26(32)30(37-28)36-24-22-20-18-16-14-12-10-8-6-4-2/h25-28,30-33H,3-24H2,1-2H3/t25-,26-,27+,28-,30-/m1/s1. The van der Waals surface area contributed by atoms with E-state index in [4.69, 9.17) is 14.2 Å². The maximum Gasteiger partial charge on any atom is 0.337 e. The SMILES string of the molecule is CCCCCCCCCCCCOC(=O)[C@@H](O)[C@@H]1O[C@@H](OCCCCCCCCCCCC)[C@H](O)[C@H]1O. The van der Waals surface area contributed by atoms with Crippen molar-refractivity contribution >= 4 is 5.97 Å². The molecular formula is C30H58O7. The van der Waals surface area contributed by atoms with E-state index in [1.165, 1.54) is 89.9 Å². The van der Waals surface area contributed by atoms with Gasteiger partial charge in [0.05, 0.1) is 6.61 Å². The molecule has 7 heteroatoms. The number of hydrogen-bond donors (Lipinski definition) is 3. The largest absolute Gasteiger partial charge is 0.464 e. The Labute approximate surface area is 226 Å². The maximum absolute atomic E-state index is 12.2. The first-order valence-electron chi connectivity index (χ1n) is 15.5. The van der Waals surface area contributed by atoms with E-state index in [-0.39, 0.29) is 6.61 Å². The van der Waals surface area contributed by atoms with Crippen molar-refractivity contribution in [2.75, 3.05) is 13.2 Å². The molecule has 3 N–H and O–H groups in total. The predicted molar refractivity (Wildman–Crippen MR) is 147 cm³/mol. The van der Waals surface area contributed by atoms with Gasteiger partial charge in [0, 0.05) is 6.61 Å². The summed E-state index contributed by atoms with van der Waals surface area (Å²) in [5.41, 5.74) is 0. The van der Waals surface area contributed by atoms with Crippen LogP contribution in [-0.2, 0) is 19.0 Å². The number of carbonyl (C=O) groups is 1. The molecule has 0 bridgehead atoms. The number of ether oxygens (including phenoxy) is 3. The van der Waals surface area contributed by atoms with Crippen molar-refractivity contribution in [3.63, 3.8) is 0 Å². The number of esters is 1. The van der Waals surface area contributed by atoms with Crippen molar-refractivity contribution in [3.05, 3.63) is 0 Å². The number of aliphatic hydroxyl groups is 3. The second kappa shape index (κ2) is 23.2. The van der Waals surface area contributed by atoms with Crippen LogP contribution in [0, 0.1) is 0 Å². The maximum atomic E-state index is 12.2. The Hall–Kier alpha value is -0.730. The molecule has 220 valence electrons. The van der Waals surface area contributed by atoms with Crippen LogP contribution in [0.15, 0.2) is 0 Å². The zero-order valence-electron chi connectivity index (χ0n) is 23.9. The number of unbranched alkanes of at least 4 members (excludes halogenated alkanes) is 18. The highest BCUT2D eigenvalue weighted by Crippen LogP contribution is 2.25. The van der Waals surface area contributed by atoms with Crippen molar-refractivity contribution in [3.8, 4) is 0 Å². The average molecular weight is 531 g/mol. The fourth-order valence-electron chi connectivity index (χ4n) is 4.84. The highest BCUT2D eigenvalue weighted by atomic mass is 16.7. The monoisotopic (exact) mass is 530 g/mol. The minimum atomic E-state index is -1.65. The van der Waals surface area contributed by atoms with Crippen molar-refractivity contribution < 1.29 is 34.3 Å². The van der Waals surface area contributed by atoms with Crippen molar-refractivity contribution in [1.29, 1.82) is 0 Å². The van der Waals surface area contributed by atoms with Crippen LogP contribution in [0.4, 0.5) is 0 Å². The lowest BCUT2D eigenvalue weighted by molar-refractivity contribution is -0.189. The van der Waals surface area contributed by atoms with Crippen LogP contribution in [0.3, 0.4) is 0 Å². The number of hydrogen-bond acceptors (Lipinski definition) is 7. The summed E-state index contributed by atoms with van der Waals surface area (Å²) in [6.07, 6.45) is 17.3. The van der Waals surface area contributed by atoms with Gasteiger partial charge >= 0.3 is 5.97 Å². The summed E-state index contributed by atoms with van der Waals surface area (Å²) in [6, 6.07) is 0. The smallest absolute Gasteiger partial charge is 0.337 e. The molecule has 1 saturated heterocycles. The molecule has 1 aliphatic rings. The van der Waals surface area contributed by atoms with E-state index < -0.39 is 36.7 Å². The van der Waals surface area contributed by atoms with Gasteiger partial charge in [0.25, 0.3) is 0 Å². The molecule has 1 aliphatic heterocycles. The third-order valence-corrected chi connectivity index (χ3v) is 7.33. The lowest BCUT2D eigenvalue weighted by atomic mass is 10.1. The Morgan fingerprint density at radius 2 is 1.05 bits per heavy atom. The lowest BCUT2D eigenvalue weighted by Crippen LogP contribution is -2.43. The second-order valence-electron chi connectivity index (χ2n) is 10.8. The van der Waals surface area contributed by atoms with Gasteiger partial charge in [0.2, 0.25) is 0 Å². The van der Waals surface area contributed by atoms with E-state index in [9.17, 15) is 20.1 Å². The molecule has 1 heterocycles.